The highest BCUT2D eigenvalue weighted by Crippen LogP contribution is 2.27. The molecule has 0 fully saturated rings. The van der Waals surface area contributed by atoms with E-state index in [0.29, 0.717) is 12.2 Å². The first-order valence-electron chi connectivity index (χ1n) is 12.2. The first kappa shape index (κ1) is 27.0. The van der Waals surface area contributed by atoms with Gasteiger partial charge in [0.25, 0.3) is 10.1 Å². The van der Waals surface area contributed by atoms with Crippen molar-refractivity contribution in [3.05, 3.63) is 23.8 Å². The molecule has 1 aromatic rings. The summed E-state index contributed by atoms with van der Waals surface area (Å²) in [7, 11) is -4.26. The summed E-state index contributed by atoms with van der Waals surface area (Å²) in [6.45, 7) is 4.40. The van der Waals surface area contributed by atoms with Crippen molar-refractivity contribution in [3.63, 3.8) is 0 Å². The smallest absolute Gasteiger partial charge is 0.298 e. The van der Waals surface area contributed by atoms with Gasteiger partial charge in [0.1, 0.15) is 10.6 Å². The molecule has 0 saturated carbocycles. The zero-order valence-corrected chi connectivity index (χ0v) is 20.1. The normalized spacial score (nSPS) is 11.7. The molecule has 1 aromatic carbocycles. The number of ether oxygens (including phenoxy) is 1. The van der Waals surface area contributed by atoms with E-state index in [9.17, 15) is 13.0 Å². The van der Waals surface area contributed by atoms with Crippen molar-refractivity contribution in [2.75, 3.05) is 6.61 Å². The highest BCUT2D eigenvalue weighted by molar-refractivity contribution is 7.86. The van der Waals surface area contributed by atoms with Gasteiger partial charge in [-0.3, -0.25) is 4.55 Å². The van der Waals surface area contributed by atoms with Crippen LogP contribution in [0.5, 0.6) is 5.75 Å². The van der Waals surface area contributed by atoms with Crippen LogP contribution in [0.4, 0.5) is 0 Å². The Hall–Kier alpha value is -1.07. The highest BCUT2D eigenvalue weighted by atomic mass is 32.2. The predicted molar refractivity (Wildman–Crippen MR) is 126 cm³/mol. The van der Waals surface area contributed by atoms with E-state index in [2.05, 4.69) is 6.92 Å². The van der Waals surface area contributed by atoms with Crippen molar-refractivity contribution in [2.24, 2.45) is 0 Å². The average Bonchev–Trinajstić information content (AvgIpc) is 2.69. The summed E-state index contributed by atoms with van der Waals surface area (Å²) < 4.78 is 38.1. The fourth-order valence-electron chi connectivity index (χ4n) is 3.90. The van der Waals surface area contributed by atoms with Crippen LogP contribution in [0, 0.1) is 6.92 Å². The van der Waals surface area contributed by atoms with Gasteiger partial charge < -0.3 is 4.74 Å². The first-order chi connectivity index (χ1) is 14.5. The molecule has 0 aliphatic heterocycles. The van der Waals surface area contributed by atoms with Crippen LogP contribution >= 0.6 is 0 Å². The van der Waals surface area contributed by atoms with Gasteiger partial charge in [0.2, 0.25) is 0 Å². The van der Waals surface area contributed by atoms with Gasteiger partial charge in [0.15, 0.2) is 0 Å². The molecule has 0 radical (unpaired) electrons. The van der Waals surface area contributed by atoms with E-state index >= 15 is 0 Å². The Bertz CT molecular complexity index is 655. The molecule has 174 valence electrons. The third-order valence-corrected chi connectivity index (χ3v) is 6.73. The third kappa shape index (κ3) is 12.6. The number of aryl methyl sites for hydroxylation is 1. The van der Waals surface area contributed by atoms with Crippen LogP contribution in [0.15, 0.2) is 23.1 Å². The van der Waals surface area contributed by atoms with Crippen molar-refractivity contribution in [1.29, 1.82) is 0 Å². The van der Waals surface area contributed by atoms with Crippen LogP contribution < -0.4 is 4.74 Å². The average molecular weight is 441 g/mol. The second kappa shape index (κ2) is 16.6. The van der Waals surface area contributed by atoms with E-state index in [1.54, 1.807) is 25.1 Å². The summed E-state index contributed by atoms with van der Waals surface area (Å²) >= 11 is 0. The van der Waals surface area contributed by atoms with Gasteiger partial charge >= 0.3 is 0 Å². The second-order valence-corrected chi connectivity index (χ2v) is 9.89. The molecule has 0 atom stereocenters. The fourth-order valence-corrected chi connectivity index (χ4v) is 4.76. The molecule has 0 amide bonds. The number of hydrogen-bond acceptors (Lipinski definition) is 3. The summed E-state index contributed by atoms with van der Waals surface area (Å²) in [6, 6.07) is 5.00. The van der Waals surface area contributed by atoms with Gasteiger partial charge in [0.05, 0.1) is 6.61 Å². The molecule has 4 nitrogen and oxygen atoms in total. The van der Waals surface area contributed by atoms with Crippen molar-refractivity contribution in [2.45, 2.75) is 121 Å². The Morgan fingerprint density at radius 1 is 0.733 bits per heavy atom. The molecule has 1 rings (SSSR count). The largest absolute Gasteiger partial charge is 0.492 e. The summed E-state index contributed by atoms with van der Waals surface area (Å²) in [5, 5.41) is 0. The predicted octanol–water partition coefficient (Wildman–Crippen LogP) is 7.88. The minimum Gasteiger partial charge on any atom is -0.492 e. The van der Waals surface area contributed by atoms with Crippen LogP contribution in [-0.2, 0) is 10.1 Å². The number of unbranched alkanes of at least 4 members (excludes halogenated alkanes) is 15. The zero-order valence-electron chi connectivity index (χ0n) is 19.3. The summed E-state index contributed by atoms with van der Waals surface area (Å²) in [4.78, 5) is -0.110. The van der Waals surface area contributed by atoms with Crippen LogP contribution in [-0.4, -0.2) is 19.6 Å². The Labute approximate surface area is 185 Å². The molecular formula is C25H44O4S. The Morgan fingerprint density at radius 3 is 1.60 bits per heavy atom. The van der Waals surface area contributed by atoms with Gasteiger partial charge in [-0.25, -0.2) is 0 Å². The monoisotopic (exact) mass is 440 g/mol. The lowest BCUT2D eigenvalue weighted by Crippen LogP contribution is -2.06. The van der Waals surface area contributed by atoms with Crippen LogP contribution in [0.25, 0.3) is 0 Å². The molecule has 0 saturated heterocycles. The number of benzene rings is 1. The van der Waals surface area contributed by atoms with Crippen molar-refractivity contribution < 1.29 is 17.7 Å². The topological polar surface area (TPSA) is 63.6 Å². The Morgan fingerprint density at radius 2 is 1.17 bits per heavy atom. The lowest BCUT2D eigenvalue weighted by molar-refractivity contribution is 0.295. The minimum atomic E-state index is -4.26. The maximum atomic E-state index is 11.5. The fraction of sp³-hybridized carbons (Fsp3) is 0.760. The first-order valence-corrected chi connectivity index (χ1v) is 13.6. The molecule has 0 bridgehead atoms. The van der Waals surface area contributed by atoms with Crippen molar-refractivity contribution in [3.8, 4) is 5.75 Å². The van der Waals surface area contributed by atoms with E-state index in [4.69, 9.17) is 4.74 Å². The minimum absolute atomic E-state index is 0.110. The van der Waals surface area contributed by atoms with Crippen LogP contribution in [0.3, 0.4) is 0 Å². The highest BCUT2D eigenvalue weighted by Gasteiger charge is 2.19. The third-order valence-electron chi connectivity index (χ3n) is 5.69. The van der Waals surface area contributed by atoms with E-state index < -0.39 is 10.1 Å². The molecule has 5 heteroatoms. The molecule has 0 heterocycles. The summed E-state index contributed by atoms with van der Waals surface area (Å²) in [5.74, 6) is 0.249. The maximum absolute atomic E-state index is 11.5. The quantitative estimate of drug-likeness (QED) is 0.175. The van der Waals surface area contributed by atoms with E-state index in [0.717, 1.165) is 12.8 Å². The lowest BCUT2D eigenvalue weighted by atomic mass is 10.0. The zero-order chi connectivity index (χ0) is 22.1. The van der Waals surface area contributed by atoms with E-state index in [-0.39, 0.29) is 10.6 Å². The molecule has 0 unspecified atom stereocenters. The van der Waals surface area contributed by atoms with Crippen molar-refractivity contribution in [1.82, 2.24) is 0 Å². The Balaban J connectivity index is 1.95. The van der Waals surface area contributed by atoms with Crippen LogP contribution in [0.2, 0.25) is 0 Å². The summed E-state index contributed by atoms with van der Waals surface area (Å²) in [5.41, 5.74) is 0.502. The second-order valence-electron chi connectivity index (χ2n) is 8.53. The van der Waals surface area contributed by atoms with Gasteiger partial charge in [0, 0.05) is 0 Å². The van der Waals surface area contributed by atoms with Crippen molar-refractivity contribution >= 4 is 10.1 Å². The summed E-state index contributed by atoms with van der Waals surface area (Å²) in [6.07, 6.45) is 21.1. The SMILES string of the molecule is CCCCCCCCCCCCCCCCCCOc1cccc(C)c1S(=O)(=O)O. The molecular weight excluding hydrogens is 396 g/mol. The van der Waals surface area contributed by atoms with E-state index in [1.807, 2.05) is 0 Å². The van der Waals surface area contributed by atoms with Gasteiger partial charge in [-0.05, 0) is 25.0 Å². The molecule has 30 heavy (non-hydrogen) atoms. The molecule has 0 aliphatic rings. The molecule has 0 spiro atoms. The Kier molecular flexibility index (Phi) is 14.9. The van der Waals surface area contributed by atoms with Gasteiger partial charge in [-0.1, -0.05) is 115 Å². The standard InChI is InChI=1S/C25H44O4S/c1-3-4-5-6-7-8-9-10-11-12-13-14-15-16-17-18-22-29-24-21-19-20-23(2)25(24)30(26,27)28/h19-21H,3-18,22H2,1-2H3,(H,26,27,28). The van der Waals surface area contributed by atoms with E-state index in [1.165, 1.54) is 89.9 Å². The van der Waals surface area contributed by atoms with Gasteiger partial charge in [-0.2, -0.15) is 8.42 Å². The lowest BCUT2D eigenvalue weighted by Gasteiger charge is -2.11. The van der Waals surface area contributed by atoms with Crippen LogP contribution in [0.1, 0.15) is 115 Å². The molecule has 0 aliphatic carbocycles. The maximum Gasteiger partial charge on any atom is 0.298 e. The van der Waals surface area contributed by atoms with Gasteiger partial charge in [-0.15, -0.1) is 0 Å². The molecule has 1 N–H and O–H groups in total. The number of rotatable bonds is 19. The number of hydrogen-bond donors (Lipinski definition) is 1. The molecule has 0 aromatic heterocycles.